The van der Waals surface area contributed by atoms with Crippen LogP contribution >= 0.6 is 23.2 Å². The fourth-order valence-electron chi connectivity index (χ4n) is 5.60. The number of benzene rings is 3. The summed E-state index contributed by atoms with van der Waals surface area (Å²) in [4.78, 5) is 27.4. The zero-order valence-corrected chi connectivity index (χ0v) is 21.2. The van der Waals surface area contributed by atoms with Crippen molar-refractivity contribution in [1.29, 1.82) is 0 Å². The number of carbonyl (C=O) groups is 2. The van der Waals surface area contributed by atoms with Crippen LogP contribution in [0.2, 0.25) is 10.0 Å². The molecular weight excluding hydrogens is 499 g/mol. The lowest BCUT2D eigenvalue weighted by Crippen LogP contribution is -2.57. The van der Waals surface area contributed by atoms with Gasteiger partial charge in [-0.1, -0.05) is 54.4 Å². The highest BCUT2D eigenvalue weighted by Crippen LogP contribution is 2.58. The number of carbonyl (C=O) groups excluding carboxylic acids is 2. The Bertz CT molecular complexity index is 1340. The van der Waals surface area contributed by atoms with E-state index in [0.717, 1.165) is 23.1 Å². The average molecular weight is 525 g/mol. The van der Waals surface area contributed by atoms with E-state index in [1.54, 1.807) is 18.2 Å². The van der Waals surface area contributed by atoms with Gasteiger partial charge in [-0.15, -0.1) is 0 Å². The first kappa shape index (κ1) is 24.6. The van der Waals surface area contributed by atoms with Crippen LogP contribution in [-0.4, -0.2) is 30.1 Å². The highest BCUT2D eigenvalue weighted by atomic mass is 35.5. The summed E-state index contributed by atoms with van der Waals surface area (Å²) >= 11 is 12.7. The van der Waals surface area contributed by atoms with Crippen LogP contribution in [-0.2, 0) is 21.4 Å². The standard InChI is InChI=1S/C28H26Cl2N2O4/c1-2-16-6-9-24(36-11-10-33)20(12-16)26-28(21-8-7-19(30)14-23(21)31-27(28)35)22(15-25(34)32-26)17-4-3-5-18(29)13-17/h3-9,12-14,22,26,33H,2,10-11,15H2,1H3,(H,31,35)(H,32,34). The number of halogens is 2. The largest absolute Gasteiger partial charge is 0.491 e. The molecule has 8 heteroatoms. The van der Waals surface area contributed by atoms with Crippen molar-refractivity contribution in [1.82, 2.24) is 5.32 Å². The maximum atomic E-state index is 14.1. The van der Waals surface area contributed by atoms with Gasteiger partial charge in [0.25, 0.3) is 0 Å². The number of aryl methyl sites for hydroxylation is 1. The van der Waals surface area contributed by atoms with Crippen LogP contribution in [0.15, 0.2) is 60.7 Å². The van der Waals surface area contributed by atoms with Crippen molar-refractivity contribution in [3.05, 3.63) is 93.0 Å². The molecule has 0 bridgehead atoms. The van der Waals surface area contributed by atoms with Gasteiger partial charge in [-0.3, -0.25) is 9.59 Å². The van der Waals surface area contributed by atoms with Crippen LogP contribution < -0.4 is 15.4 Å². The molecule has 0 aliphatic carbocycles. The van der Waals surface area contributed by atoms with Crippen LogP contribution in [0.1, 0.15) is 47.6 Å². The Hall–Kier alpha value is -3.06. The fourth-order valence-corrected chi connectivity index (χ4v) is 5.97. The molecule has 1 saturated heterocycles. The molecule has 3 aromatic rings. The summed E-state index contributed by atoms with van der Waals surface area (Å²) in [6.07, 6.45) is 0.865. The van der Waals surface area contributed by atoms with Gasteiger partial charge in [0.15, 0.2) is 0 Å². The zero-order valence-electron chi connectivity index (χ0n) is 19.7. The van der Waals surface area contributed by atoms with Crippen molar-refractivity contribution in [2.75, 3.05) is 18.5 Å². The molecule has 186 valence electrons. The van der Waals surface area contributed by atoms with Gasteiger partial charge in [-0.05, 0) is 59.5 Å². The maximum Gasteiger partial charge on any atom is 0.238 e. The minimum atomic E-state index is -1.19. The Morgan fingerprint density at radius 2 is 1.86 bits per heavy atom. The number of aliphatic hydroxyl groups is 1. The van der Waals surface area contributed by atoms with E-state index in [0.29, 0.717) is 27.0 Å². The Labute approximate surface area is 219 Å². The molecule has 0 saturated carbocycles. The van der Waals surface area contributed by atoms with E-state index < -0.39 is 17.4 Å². The van der Waals surface area contributed by atoms with Gasteiger partial charge >= 0.3 is 0 Å². The lowest BCUT2D eigenvalue weighted by Gasteiger charge is -2.46. The molecular formula is C28H26Cl2N2O4. The quantitative estimate of drug-likeness (QED) is 0.415. The lowest BCUT2D eigenvalue weighted by atomic mass is 9.59. The third kappa shape index (κ3) is 4.03. The van der Waals surface area contributed by atoms with Gasteiger partial charge in [-0.2, -0.15) is 0 Å². The topological polar surface area (TPSA) is 87.7 Å². The number of anilines is 1. The van der Waals surface area contributed by atoms with E-state index in [-0.39, 0.29) is 31.4 Å². The first-order chi connectivity index (χ1) is 17.4. The number of aliphatic hydroxyl groups excluding tert-OH is 1. The minimum absolute atomic E-state index is 0.0856. The van der Waals surface area contributed by atoms with Gasteiger partial charge < -0.3 is 20.5 Å². The monoisotopic (exact) mass is 524 g/mol. The normalized spacial score (nSPS) is 22.8. The van der Waals surface area contributed by atoms with Gasteiger partial charge in [0.2, 0.25) is 11.8 Å². The molecule has 3 aromatic carbocycles. The maximum absolute atomic E-state index is 14.1. The number of ether oxygens (including phenoxy) is 1. The van der Waals surface area contributed by atoms with Crippen molar-refractivity contribution in [2.24, 2.45) is 0 Å². The van der Waals surface area contributed by atoms with Crippen LogP contribution in [0.25, 0.3) is 0 Å². The second kappa shape index (κ2) is 9.77. The Morgan fingerprint density at radius 3 is 2.61 bits per heavy atom. The SMILES string of the molecule is CCc1ccc(OCCO)c(C2NC(=O)CC(c3cccc(Cl)c3)C23C(=O)Nc2cc(Cl)ccc23)c1. The van der Waals surface area contributed by atoms with Crippen LogP contribution in [0.4, 0.5) is 5.69 Å². The summed E-state index contributed by atoms with van der Waals surface area (Å²) in [5.74, 6) is -0.410. The molecule has 36 heavy (non-hydrogen) atoms. The summed E-state index contributed by atoms with van der Waals surface area (Å²) in [6, 6.07) is 17.7. The second-order valence-electron chi connectivity index (χ2n) is 9.12. The number of hydrogen-bond acceptors (Lipinski definition) is 4. The summed E-state index contributed by atoms with van der Waals surface area (Å²) in [5, 5.41) is 16.6. The number of hydrogen-bond donors (Lipinski definition) is 3. The minimum Gasteiger partial charge on any atom is -0.491 e. The number of nitrogens with one attached hydrogen (secondary N) is 2. The third-order valence-corrected chi connectivity index (χ3v) is 7.61. The molecule has 3 atom stereocenters. The lowest BCUT2D eigenvalue weighted by molar-refractivity contribution is -0.131. The molecule has 1 fully saturated rings. The number of rotatable bonds is 6. The van der Waals surface area contributed by atoms with E-state index in [4.69, 9.17) is 27.9 Å². The second-order valence-corrected chi connectivity index (χ2v) is 10.00. The number of piperidine rings is 1. The van der Waals surface area contributed by atoms with Crippen molar-refractivity contribution in [3.8, 4) is 5.75 Å². The van der Waals surface area contributed by atoms with Gasteiger partial charge in [0.1, 0.15) is 17.8 Å². The van der Waals surface area contributed by atoms with E-state index in [9.17, 15) is 14.7 Å². The fraction of sp³-hybridized carbons (Fsp3) is 0.286. The molecule has 3 N–H and O–H groups in total. The summed E-state index contributed by atoms with van der Waals surface area (Å²) in [7, 11) is 0. The summed E-state index contributed by atoms with van der Waals surface area (Å²) < 4.78 is 5.90. The molecule has 1 spiro atoms. The summed E-state index contributed by atoms with van der Waals surface area (Å²) in [6.45, 7) is 1.96. The van der Waals surface area contributed by atoms with E-state index in [1.165, 1.54) is 0 Å². The third-order valence-electron chi connectivity index (χ3n) is 7.14. The van der Waals surface area contributed by atoms with E-state index in [2.05, 4.69) is 10.6 Å². The molecule has 2 aliphatic heterocycles. The molecule has 5 rings (SSSR count). The highest BCUT2D eigenvalue weighted by Gasteiger charge is 2.61. The van der Waals surface area contributed by atoms with Gasteiger partial charge in [0, 0.05) is 33.6 Å². The van der Waals surface area contributed by atoms with Crippen molar-refractivity contribution in [3.63, 3.8) is 0 Å². The van der Waals surface area contributed by atoms with Crippen molar-refractivity contribution in [2.45, 2.75) is 37.1 Å². The highest BCUT2D eigenvalue weighted by molar-refractivity contribution is 6.31. The Morgan fingerprint density at radius 1 is 1.06 bits per heavy atom. The zero-order chi connectivity index (χ0) is 25.4. The Kier molecular flexibility index (Phi) is 6.68. The molecule has 0 radical (unpaired) electrons. The molecule has 2 heterocycles. The van der Waals surface area contributed by atoms with E-state index in [1.807, 2.05) is 49.4 Å². The molecule has 3 unspecified atom stereocenters. The number of fused-ring (bicyclic) bond motifs is 2. The number of amides is 2. The molecule has 0 aromatic heterocycles. The van der Waals surface area contributed by atoms with Crippen LogP contribution in [0.3, 0.4) is 0 Å². The van der Waals surface area contributed by atoms with Gasteiger partial charge in [-0.25, -0.2) is 0 Å². The average Bonchev–Trinajstić information content (AvgIpc) is 3.14. The molecule has 2 aliphatic rings. The smallest absolute Gasteiger partial charge is 0.238 e. The summed E-state index contributed by atoms with van der Waals surface area (Å²) in [5.41, 5.74) is 2.69. The first-order valence-corrected chi connectivity index (χ1v) is 12.7. The van der Waals surface area contributed by atoms with E-state index >= 15 is 0 Å². The molecule has 2 amide bonds. The van der Waals surface area contributed by atoms with Crippen molar-refractivity contribution < 1.29 is 19.4 Å². The van der Waals surface area contributed by atoms with Gasteiger partial charge in [0.05, 0.1) is 12.6 Å². The predicted octanol–water partition coefficient (Wildman–Crippen LogP) is 5.16. The predicted molar refractivity (Wildman–Crippen MR) is 140 cm³/mol. The Balaban J connectivity index is 1.80. The van der Waals surface area contributed by atoms with Crippen LogP contribution in [0.5, 0.6) is 5.75 Å². The van der Waals surface area contributed by atoms with Crippen LogP contribution in [0, 0.1) is 0 Å². The van der Waals surface area contributed by atoms with Crippen molar-refractivity contribution >= 4 is 40.7 Å². The molecule has 6 nitrogen and oxygen atoms in total. The first-order valence-electron chi connectivity index (χ1n) is 11.9.